The lowest BCUT2D eigenvalue weighted by atomic mass is 9.97. The molecule has 1 saturated heterocycles. The van der Waals surface area contributed by atoms with Gasteiger partial charge in [-0.2, -0.15) is 0 Å². The highest BCUT2D eigenvalue weighted by Crippen LogP contribution is 2.18. The van der Waals surface area contributed by atoms with Gasteiger partial charge in [0.1, 0.15) is 4.90 Å². The Hall–Kier alpha value is -0.500. The first-order valence-corrected chi connectivity index (χ1v) is 9.11. The molecule has 1 aromatic rings. The van der Waals surface area contributed by atoms with Crippen molar-refractivity contribution in [3.05, 3.63) is 22.9 Å². The number of nitrogens with one attached hydrogen (secondary N) is 1. The van der Waals surface area contributed by atoms with E-state index in [0.29, 0.717) is 16.9 Å². The molecular weight excluding hydrogens is 342 g/mol. The Balaban J connectivity index is 1.90. The first-order valence-electron chi connectivity index (χ1n) is 6.84. The van der Waals surface area contributed by atoms with Crippen LogP contribution in [0.25, 0.3) is 0 Å². The van der Waals surface area contributed by atoms with Crippen molar-refractivity contribution in [2.75, 3.05) is 26.2 Å². The van der Waals surface area contributed by atoms with E-state index in [2.05, 4.69) is 37.5 Å². The third kappa shape index (κ3) is 4.25. The van der Waals surface area contributed by atoms with Crippen LogP contribution in [-0.4, -0.2) is 44.5 Å². The van der Waals surface area contributed by atoms with Crippen molar-refractivity contribution >= 4 is 26.0 Å². The zero-order valence-electron chi connectivity index (χ0n) is 11.5. The lowest BCUT2D eigenvalue weighted by Gasteiger charge is -2.30. The molecule has 5 nitrogen and oxygen atoms in total. The minimum Gasteiger partial charge on any atom is -0.304 e. The largest absolute Gasteiger partial charge is 0.304 e. The number of aromatic nitrogens is 1. The predicted molar refractivity (Wildman–Crippen MR) is 82.0 cm³/mol. The molecular formula is C13H20BrN3O2S. The molecule has 7 heteroatoms. The maximum Gasteiger partial charge on any atom is 0.242 e. The van der Waals surface area contributed by atoms with Crippen LogP contribution in [0.5, 0.6) is 0 Å². The van der Waals surface area contributed by atoms with Crippen molar-refractivity contribution in [2.24, 2.45) is 5.92 Å². The summed E-state index contributed by atoms with van der Waals surface area (Å²) in [5.41, 5.74) is 0. The lowest BCUT2D eigenvalue weighted by Crippen LogP contribution is -2.38. The molecule has 1 N–H and O–H groups in total. The number of halogens is 1. The van der Waals surface area contributed by atoms with Crippen LogP contribution in [-0.2, 0) is 10.0 Å². The van der Waals surface area contributed by atoms with Gasteiger partial charge >= 0.3 is 0 Å². The fourth-order valence-corrected chi connectivity index (χ4v) is 3.98. The molecule has 0 aromatic carbocycles. The van der Waals surface area contributed by atoms with Gasteiger partial charge in [-0.15, -0.1) is 0 Å². The van der Waals surface area contributed by atoms with Crippen LogP contribution in [0.15, 0.2) is 27.8 Å². The second-order valence-electron chi connectivity index (χ2n) is 5.07. The van der Waals surface area contributed by atoms with E-state index >= 15 is 0 Å². The molecule has 1 fully saturated rings. The molecule has 2 rings (SSSR count). The zero-order chi connectivity index (χ0) is 14.6. The summed E-state index contributed by atoms with van der Waals surface area (Å²) >= 11 is 3.24. The molecule has 0 aliphatic carbocycles. The lowest BCUT2D eigenvalue weighted by molar-refractivity contribution is 0.194. The summed E-state index contributed by atoms with van der Waals surface area (Å²) in [6.45, 7) is 5.85. The van der Waals surface area contributed by atoms with E-state index in [1.807, 2.05) is 0 Å². The third-order valence-electron chi connectivity index (χ3n) is 3.71. The zero-order valence-corrected chi connectivity index (χ0v) is 14.0. The smallest absolute Gasteiger partial charge is 0.242 e. The number of rotatable bonds is 5. The van der Waals surface area contributed by atoms with Crippen molar-refractivity contribution in [3.63, 3.8) is 0 Å². The number of nitrogens with zero attached hydrogens (tertiary/aromatic N) is 2. The van der Waals surface area contributed by atoms with Gasteiger partial charge in [-0.05, 0) is 60.4 Å². The van der Waals surface area contributed by atoms with E-state index in [1.165, 1.54) is 6.20 Å². The van der Waals surface area contributed by atoms with Gasteiger partial charge in [0.25, 0.3) is 0 Å². The predicted octanol–water partition coefficient (Wildman–Crippen LogP) is 1.85. The molecule has 0 amide bonds. The maximum atomic E-state index is 12.2. The number of pyridine rings is 1. The Labute approximate surface area is 129 Å². The monoisotopic (exact) mass is 361 g/mol. The number of sulfonamides is 1. The summed E-state index contributed by atoms with van der Waals surface area (Å²) in [7, 11) is -3.46. The average molecular weight is 362 g/mol. The highest BCUT2D eigenvalue weighted by Gasteiger charge is 2.21. The van der Waals surface area contributed by atoms with Crippen molar-refractivity contribution in [3.8, 4) is 0 Å². The molecule has 0 saturated carbocycles. The minimum absolute atomic E-state index is 0.206. The number of hydrogen-bond acceptors (Lipinski definition) is 4. The number of hydrogen-bond donors (Lipinski definition) is 1. The highest BCUT2D eigenvalue weighted by atomic mass is 79.9. The van der Waals surface area contributed by atoms with Gasteiger partial charge in [0, 0.05) is 23.4 Å². The van der Waals surface area contributed by atoms with Gasteiger partial charge in [-0.1, -0.05) is 6.92 Å². The molecule has 0 bridgehead atoms. The highest BCUT2D eigenvalue weighted by molar-refractivity contribution is 9.10. The van der Waals surface area contributed by atoms with E-state index in [9.17, 15) is 8.42 Å². The quantitative estimate of drug-likeness (QED) is 0.869. The SMILES string of the molecule is CCN1CCC(CNS(=O)(=O)c2cncc(Br)c2)CC1. The first-order chi connectivity index (χ1) is 9.51. The van der Waals surface area contributed by atoms with E-state index < -0.39 is 10.0 Å². The van der Waals surface area contributed by atoms with Crippen molar-refractivity contribution in [1.29, 1.82) is 0 Å². The van der Waals surface area contributed by atoms with Gasteiger partial charge in [-0.25, -0.2) is 13.1 Å². The summed E-state index contributed by atoms with van der Waals surface area (Å²) in [5.74, 6) is 0.424. The fourth-order valence-electron chi connectivity index (χ4n) is 2.36. The molecule has 1 aliphatic heterocycles. The molecule has 112 valence electrons. The van der Waals surface area contributed by atoms with Gasteiger partial charge < -0.3 is 4.90 Å². The van der Waals surface area contributed by atoms with E-state index in [-0.39, 0.29) is 4.90 Å². The van der Waals surface area contributed by atoms with Gasteiger partial charge in [0.05, 0.1) is 0 Å². The molecule has 1 aromatic heterocycles. The Morgan fingerprint density at radius 3 is 2.70 bits per heavy atom. The molecule has 0 radical (unpaired) electrons. The topological polar surface area (TPSA) is 62.3 Å². The molecule has 20 heavy (non-hydrogen) atoms. The fraction of sp³-hybridized carbons (Fsp3) is 0.615. The number of piperidine rings is 1. The van der Waals surface area contributed by atoms with Crippen LogP contribution in [0.2, 0.25) is 0 Å². The van der Waals surface area contributed by atoms with Crippen molar-refractivity contribution in [1.82, 2.24) is 14.6 Å². The minimum atomic E-state index is -3.46. The second kappa shape index (κ2) is 6.98. The molecule has 0 spiro atoms. The van der Waals surface area contributed by atoms with Crippen LogP contribution in [0.4, 0.5) is 0 Å². The Morgan fingerprint density at radius 2 is 2.10 bits per heavy atom. The van der Waals surface area contributed by atoms with Crippen LogP contribution < -0.4 is 4.72 Å². The van der Waals surface area contributed by atoms with E-state index in [1.54, 1.807) is 12.3 Å². The summed E-state index contributed by atoms with van der Waals surface area (Å²) in [6, 6.07) is 1.56. The normalized spacial score (nSPS) is 18.3. The summed E-state index contributed by atoms with van der Waals surface area (Å²) in [4.78, 5) is 6.49. The van der Waals surface area contributed by atoms with Gasteiger partial charge in [0.15, 0.2) is 0 Å². The number of likely N-dealkylation sites (tertiary alicyclic amines) is 1. The Morgan fingerprint density at radius 1 is 1.40 bits per heavy atom. The van der Waals surface area contributed by atoms with Crippen LogP contribution >= 0.6 is 15.9 Å². The van der Waals surface area contributed by atoms with Gasteiger partial charge in [-0.3, -0.25) is 4.98 Å². The summed E-state index contributed by atoms with van der Waals surface area (Å²) in [5, 5.41) is 0. The van der Waals surface area contributed by atoms with E-state index in [0.717, 1.165) is 32.5 Å². The maximum absolute atomic E-state index is 12.2. The molecule has 0 unspecified atom stereocenters. The summed E-state index contributed by atoms with van der Waals surface area (Å²) in [6.07, 6.45) is 5.03. The molecule has 0 atom stereocenters. The van der Waals surface area contributed by atoms with E-state index in [4.69, 9.17) is 0 Å². The van der Waals surface area contributed by atoms with Gasteiger partial charge in [0.2, 0.25) is 10.0 Å². The first kappa shape index (κ1) is 15.9. The molecule has 2 heterocycles. The Bertz CT molecular complexity index is 542. The standard InChI is InChI=1S/C13H20BrN3O2S/c1-2-17-5-3-11(4-6-17)8-16-20(18,19)13-7-12(14)9-15-10-13/h7,9-11,16H,2-6,8H2,1H3. The van der Waals surface area contributed by atoms with Crippen molar-refractivity contribution < 1.29 is 8.42 Å². The van der Waals surface area contributed by atoms with Crippen LogP contribution in [0.1, 0.15) is 19.8 Å². The van der Waals surface area contributed by atoms with Crippen molar-refractivity contribution in [2.45, 2.75) is 24.7 Å². The third-order valence-corrected chi connectivity index (χ3v) is 5.53. The second-order valence-corrected chi connectivity index (χ2v) is 7.75. The van der Waals surface area contributed by atoms with Crippen LogP contribution in [0, 0.1) is 5.92 Å². The Kier molecular flexibility index (Phi) is 5.54. The van der Waals surface area contributed by atoms with Crippen LogP contribution in [0.3, 0.4) is 0 Å². The molecule has 1 aliphatic rings. The summed E-state index contributed by atoms with van der Waals surface area (Å²) < 4.78 is 27.7. The average Bonchev–Trinajstić information content (AvgIpc) is 2.46.